The number of rotatable bonds is 4. The molecule has 3 N–H and O–H groups in total. The zero-order chi connectivity index (χ0) is 15.0. The lowest BCUT2D eigenvalue weighted by Gasteiger charge is -2.01. The van der Waals surface area contributed by atoms with E-state index in [1.54, 1.807) is 6.07 Å². The number of thiazole rings is 1. The third-order valence-electron chi connectivity index (χ3n) is 2.60. The van der Waals surface area contributed by atoms with E-state index in [0.29, 0.717) is 10.0 Å². The summed E-state index contributed by atoms with van der Waals surface area (Å²) >= 11 is 7.15. The van der Waals surface area contributed by atoms with Gasteiger partial charge in [0.15, 0.2) is 5.13 Å². The second kappa shape index (κ2) is 5.34. The average Bonchev–Trinajstić information content (AvgIpc) is 3.04. The van der Waals surface area contributed by atoms with Crippen molar-refractivity contribution >= 4 is 65.3 Å². The van der Waals surface area contributed by atoms with Crippen LogP contribution in [0.5, 0.6) is 0 Å². The molecule has 1 aromatic carbocycles. The fourth-order valence-electron chi connectivity index (χ4n) is 1.68. The van der Waals surface area contributed by atoms with Crippen LogP contribution in [0.2, 0.25) is 0 Å². The Bertz CT molecular complexity index is 894. The molecule has 0 fully saturated rings. The normalized spacial score (nSPS) is 11.6. The minimum absolute atomic E-state index is 0.157. The summed E-state index contributed by atoms with van der Waals surface area (Å²) in [6, 6.07) is 10.5. The molecular formula is C12H9N3O2S4. The van der Waals surface area contributed by atoms with Gasteiger partial charge in [0.2, 0.25) is 0 Å². The quantitative estimate of drug-likeness (QED) is 0.703. The maximum atomic E-state index is 12.3. The number of hydrogen-bond acceptors (Lipinski definition) is 6. The molecule has 0 amide bonds. The molecule has 5 nitrogen and oxygen atoms in total. The number of para-hydroxylation sites is 1. The van der Waals surface area contributed by atoms with Crippen molar-refractivity contribution in [3.05, 3.63) is 41.3 Å². The Morgan fingerprint density at radius 1 is 1.19 bits per heavy atom. The first kappa shape index (κ1) is 14.4. The van der Waals surface area contributed by atoms with Crippen molar-refractivity contribution in [3.63, 3.8) is 0 Å². The fourth-order valence-corrected chi connectivity index (χ4v) is 5.13. The van der Waals surface area contributed by atoms with Crippen LogP contribution in [0.1, 0.15) is 4.88 Å². The van der Waals surface area contributed by atoms with Gasteiger partial charge < -0.3 is 5.73 Å². The lowest BCUT2D eigenvalue weighted by molar-refractivity contribution is 0.603. The lowest BCUT2D eigenvalue weighted by atomic mass is 10.3. The molecule has 2 heterocycles. The van der Waals surface area contributed by atoms with E-state index >= 15 is 0 Å². The zero-order valence-electron chi connectivity index (χ0n) is 10.4. The van der Waals surface area contributed by atoms with E-state index in [9.17, 15) is 8.42 Å². The molecule has 3 aromatic rings. The third kappa shape index (κ3) is 2.91. The highest BCUT2D eigenvalue weighted by Gasteiger charge is 2.19. The Morgan fingerprint density at radius 3 is 2.62 bits per heavy atom. The lowest BCUT2D eigenvalue weighted by Crippen LogP contribution is -2.11. The summed E-state index contributed by atoms with van der Waals surface area (Å²) in [6.07, 6.45) is 0. The van der Waals surface area contributed by atoms with Crippen molar-refractivity contribution in [1.82, 2.24) is 4.98 Å². The molecule has 0 unspecified atom stereocenters. The van der Waals surface area contributed by atoms with Crippen molar-refractivity contribution in [3.8, 4) is 0 Å². The number of nitrogens with two attached hydrogens (primary N) is 1. The average molecular weight is 355 g/mol. The number of aromatic nitrogens is 1. The summed E-state index contributed by atoms with van der Waals surface area (Å²) in [6.45, 7) is 0. The predicted octanol–water partition coefficient (Wildman–Crippen LogP) is 2.79. The van der Waals surface area contributed by atoms with Crippen LogP contribution >= 0.6 is 34.9 Å². The number of anilines is 1. The number of thiophene rings is 1. The molecule has 0 atom stereocenters. The van der Waals surface area contributed by atoms with Crippen LogP contribution in [0.3, 0.4) is 0 Å². The van der Waals surface area contributed by atoms with E-state index in [4.69, 9.17) is 18.0 Å². The van der Waals surface area contributed by atoms with E-state index in [-0.39, 0.29) is 9.20 Å². The molecular weight excluding hydrogens is 346 g/mol. The maximum absolute atomic E-state index is 12.3. The highest BCUT2D eigenvalue weighted by molar-refractivity contribution is 7.95. The van der Waals surface area contributed by atoms with Gasteiger partial charge in [-0.05, 0) is 24.3 Å². The minimum Gasteiger partial charge on any atom is -0.389 e. The Morgan fingerprint density at radius 2 is 1.95 bits per heavy atom. The number of nitrogens with one attached hydrogen (secondary N) is 1. The number of thiocarbonyl (C=S) groups is 1. The highest BCUT2D eigenvalue weighted by Crippen LogP contribution is 2.29. The number of sulfonamides is 1. The van der Waals surface area contributed by atoms with E-state index in [1.807, 2.05) is 24.3 Å². The molecule has 0 aliphatic rings. The van der Waals surface area contributed by atoms with Crippen molar-refractivity contribution in [2.75, 3.05) is 4.72 Å². The number of nitrogens with zero attached hydrogens (tertiary/aromatic N) is 1. The highest BCUT2D eigenvalue weighted by atomic mass is 32.2. The number of benzene rings is 1. The van der Waals surface area contributed by atoms with Crippen LogP contribution < -0.4 is 10.5 Å². The smallest absolute Gasteiger partial charge is 0.273 e. The SMILES string of the molecule is NC(=S)c1ccc(S(=O)(=O)Nc2nc3ccccc3s2)s1. The van der Waals surface area contributed by atoms with Crippen LogP contribution in [0.15, 0.2) is 40.6 Å². The van der Waals surface area contributed by atoms with Gasteiger partial charge in [-0.25, -0.2) is 13.4 Å². The second-order valence-electron chi connectivity index (χ2n) is 4.08. The Kier molecular flexibility index (Phi) is 3.66. The number of hydrogen-bond donors (Lipinski definition) is 2. The summed E-state index contributed by atoms with van der Waals surface area (Å²) in [5.74, 6) is 0. The third-order valence-corrected chi connectivity index (χ3v) is 6.98. The largest absolute Gasteiger partial charge is 0.389 e. The Labute approximate surface area is 134 Å². The maximum Gasteiger partial charge on any atom is 0.273 e. The molecule has 0 saturated carbocycles. The molecule has 0 radical (unpaired) electrons. The number of fused-ring (bicyclic) bond motifs is 1. The van der Waals surface area contributed by atoms with Gasteiger partial charge in [0, 0.05) is 0 Å². The van der Waals surface area contributed by atoms with Crippen LogP contribution in [-0.2, 0) is 10.0 Å². The Hall–Kier alpha value is -1.55. The summed E-state index contributed by atoms with van der Waals surface area (Å²) in [7, 11) is -3.67. The van der Waals surface area contributed by atoms with Gasteiger partial charge in [-0.3, -0.25) is 4.72 Å². The first-order valence-corrected chi connectivity index (χ1v) is 9.26. The monoisotopic (exact) mass is 355 g/mol. The van der Waals surface area contributed by atoms with Crippen molar-refractivity contribution < 1.29 is 8.42 Å². The first-order valence-electron chi connectivity index (χ1n) is 5.74. The van der Waals surface area contributed by atoms with Crippen LogP contribution in [-0.4, -0.2) is 18.4 Å². The molecule has 0 bridgehead atoms. The van der Waals surface area contributed by atoms with Gasteiger partial charge in [-0.1, -0.05) is 35.7 Å². The first-order chi connectivity index (χ1) is 9.95. The summed E-state index contributed by atoms with van der Waals surface area (Å²) in [4.78, 5) is 4.99. The fraction of sp³-hybridized carbons (Fsp3) is 0. The van der Waals surface area contributed by atoms with Gasteiger partial charge in [-0.2, -0.15) is 0 Å². The van der Waals surface area contributed by atoms with Crippen LogP contribution in [0.4, 0.5) is 5.13 Å². The van der Waals surface area contributed by atoms with Crippen molar-refractivity contribution in [1.29, 1.82) is 0 Å². The molecule has 0 saturated heterocycles. The van der Waals surface area contributed by atoms with Gasteiger partial charge in [-0.15, -0.1) is 11.3 Å². The van der Waals surface area contributed by atoms with Crippen LogP contribution in [0.25, 0.3) is 10.2 Å². The molecule has 0 aliphatic heterocycles. The van der Waals surface area contributed by atoms with E-state index < -0.39 is 10.0 Å². The minimum atomic E-state index is -3.67. The molecule has 108 valence electrons. The standard InChI is InChI=1S/C12H9N3O2S4/c13-11(18)9-5-6-10(19-9)21(16,17)15-12-14-7-3-1-2-4-8(7)20-12/h1-6H,(H2,13,18)(H,14,15). The van der Waals surface area contributed by atoms with Gasteiger partial charge >= 0.3 is 0 Å². The van der Waals surface area contributed by atoms with Crippen molar-refractivity contribution in [2.45, 2.75) is 4.21 Å². The summed E-state index contributed by atoms with van der Waals surface area (Å²) in [5, 5.41) is 0.335. The molecule has 0 aliphatic carbocycles. The predicted molar refractivity (Wildman–Crippen MR) is 90.6 cm³/mol. The van der Waals surface area contributed by atoms with Gasteiger partial charge in [0.1, 0.15) is 9.20 Å². The van der Waals surface area contributed by atoms with Crippen LogP contribution in [0, 0.1) is 0 Å². The van der Waals surface area contributed by atoms with E-state index in [2.05, 4.69) is 9.71 Å². The molecule has 9 heteroatoms. The molecule has 3 rings (SSSR count). The van der Waals surface area contributed by atoms with Gasteiger partial charge in [0.05, 0.1) is 15.1 Å². The summed E-state index contributed by atoms with van der Waals surface area (Å²) < 4.78 is 28.2. The van der Waals surface area contributed by atoms with E-state index in [1.165, 1.54) is 17.4 Å². The van der Waals surface area contributed by atoms with Gasteiger partial charge in [0.25, 0.3) is 10.0 Å². The molecule has 0 spiro atoms. The Balaban J connectivity index is 1.93. The second-order valence-corrected chi connectivity index (χ2v) is 8.54. The molecule has 21 heavy (non-hydrogen) atoms. The zero-order valence-corrected chi connectivity index (χ0v) is 13.7. The van der Waals surface area contributed by atoms with E-state index in [0.717, 1.165) is 21.6 Å². The summed E-state index contributed by atoms with van der Waals surface area (Å²) in [5.41, 5.74) is 6.25. The van der Waals surface area contributed by atoms with Crippen molar-refractivity contribution in [2.24, 2.45) is 5.73 Å². The molecule has 2 aromatic heterocycles. The topological polar surface area (TPSA) is 85.1 Å².